The smallest absolute Gasteiger partial charge is 0.337 e. The summed E-state index contributed by atoms with van der Waals surface area (Å²) in [5.41, 5.74) is 1.04. The first-order chi connectivity index (χ1) is 9.61. The Hall–Kier alpha value is -2.43. The number of rotatable bonds is 4. The van der Waals surface area contributed by atoms with E-state index in [0.29, 0.717) is 11.3 Å². The van der Waals surface area contributed by atoms with Crippen LogP contribution in [0.3, 0.4) is 0 Å². The van der Waals surface area contributed by atoms with Crippen LogP contribution in [-0.2, 0) is 11.3 Å². The molecule has 3 nitrogen and oxygen atoms in total. The van der Waals surface area contributed by atoms with Crippen LogP contribution in [0.2, 0.25) is 0 Å². The van der Waals surface area contributed by atoms with E-state index in [9.17, 15) is 13.6 Å². The Morgan fingerprint density at radius 1 is 1.10 bits per heavy atom. The second kappa shape index (κ2) is 6.14. The maximum atomic E-state index is 13.4. The molecule has 0 aliphatic heterocycles. The third-order valence-corrected chi connectivity index (χ3v) is 2.84. The highest BCUT2D eigenvalue weighted by Gasteiger charge is 2.08. The van der Waals surface area contributed by atoms with Crippen LogP contribution in [0.4, 0.5) is 14.5 Å². The number of esters is 1. The quantitative estimate of drug-likeness (QED) is 0.871. The minimum absolute atomic E-state index is 0.0236. The van der Waals surface area contributed by atoms with Crippen LogP contribution in [0.15, 0.2) is 42.5 Å². The molecule has 0 radical (unpaired) electrons. The summed E-state index contributed by atoms with van der Waals surface area (Å²) in [6.07, 6.45) is 0. The fourth-order valence-corrected chi connectivity index (χ4v) is 1.73. The van der Waals surface area contributed by atoms with E-state index in [4.69, 9.17) is 0 Å². The van der Waals surface area contributed by atoms with Crippen LogP contribution < -0.4 is 5.32 Å². The van der Waals surface area contributed by atoms with Gasteiger partial charge in [0, 0.05) is 17.8 Å². The molecule has 0 saturated carbocycles. The summed E-state index contributed by atoms with van der Waals surface area (Å²) in [5, 5.41) is 2.89. The molecule has 1 N–H and O–H groups in total. The first-order valence-corrected chi connectivity index (χ1v) is 5.97. The van der Waals surface area contributed by atoms with Crippen molar-refractivity contribution in [3.05, 3.63) is 65.2 Å². The maximum Gasteiger partial charge on any atom is 0.337 e. The highest BCUT2D eigenvalue weighted by Crippen LogP contribution is 2.16. The number of ether oxygens (including phenoxy) is 1. The lowest BCUT2D eigenvalue weighted by molar-refractivity contribution is 0.0601. The molecule has 0 heterocycles. The number of nitrogens with one attached hydrogen (secondary N) is 1. The van der Waals surface area contributed by atoms with Gasteiger partial charge in [-0.25, -0.2) is 13.6 Å². The van der Waals surface area contributed by atoms with Gasteiger partial charge >= 0.3 is 5.97 Å². The molecule has 0 atom stereocenters. The molecule has 2 rings (SSSR count). The molecule has 5 heteroatoms. The number of hydrogen-bond acceptors (Lipinski definition) is 3. The minimum Gasteiger partial charge on any atom is -0.465 e. The molecule has 0 aromatic heterocycles. The van der Waals surface area contributed by atoms with Gasteiger partial charge in [0.2, 0.25) is 0 Å². The van der Waals surface area contributed by atoms with Gasteiger partial charge in [0.1, 0.15) is 11.6 Å². The minimum atomic E-state index is -0.594. The fraction of sp³-hybridized carbons (Fsp3) is 0.133. The zero-order chi connectivity index (χ0) is 14.5. The Labute approximate surface area is 115 Å². The zero-order valence-corrected chi connectivity index (χ0v) is 10.8. The lowest BCUT2D eigenvalue weighted by Gasteiger charge is -2.09. The van der Waals surface area contributed by atoms with Gasteiger partial charge in [-0.3, -0.25) is 0 Å². The van der Waals surface area contributed by atoms with Crippen molar-refractivity contribution >= 4 is 11.7 Å². The number of carbonyl (C=O) groups is 1. The molecule has 0 aliphatic rings. The second-order valence-corrected chi connectivity index (χ2v) is 4.12. The van der Waals surface area contributed by atoms with Gasteiger partial charge in [-0.05, 0) is 36.4 Å². The molecule has 0 unspecified atom stereocenters. The Balaban J connectivity index is 2.06. The van der Waals surface area contributed by atoms with E-state index in [1.807, 2.05) is 0 Å². The Kier molecular flexibility index (Phi) is 4.30. The SMILES string of the molecule is COC(=O)c1ccc(NCc2c(F)cccc2F)cc1. The molecule has 0 fully saturated rings. The second-order valence-electron chi connectivity index (χ2n) is 4.12. The summed E-state index contributed by atoms with van der Waals surface area (Å²) in [5.74, 6) is -1.62. The van der Waals surface area contributed by atoms with Crippen LogP contribution >= 0.6 is 0 Å². The number of benzene rings is 2. The number of carbonyl (C=O) groups excluding carboxylic acids is 1. The molecule has 0 spiro atoms. The van der Waals surface area contributed by atoms with Crippen LogP contribution in [0, 0.1) is 11.6 Å². The molecule has 0 amide bonds. The highest BCUT2D eigenvalue weighted by atomic mass is 19.1. The summed E-state index contributed by atoms with van der Waals surface area (Å²) in [6.45, 7) is 0.0239. The van der Waals surface area contributed by atoms with E-state index in [1.165, 1.54) is 25.3 Å². The molecule has 2 aromatic rings. The summed E-state index contributed by atoms with van der Waals surface area (Å²) in [6, 6.07) is 10.2. The highest BCUT2D eigenvalue weighted by molar-refractivity contribution is 5.89. The standard InChI is InChI=1S/C15H13F2NO2/c1-20-15(19)10-5-7-11(8-6-10)18-9-12-13(16)3-2-4-14(12)17/h2-8,18H,9H2,1H3. The van der Waals surface area contributed by atoms with Crippen molar-refractivity contribution in [1.29, 1.82) is 0 Å². The molecule has 0 bridgehead atoms. The third-order valence-electron chi connectivity index (χ3n) is 2.84. The van der Waals surface area contributed by atoms with Gasteiger partial charge in [0.25, 0.3) is 0 Å². The molecule has 0 saturated heterocycles. The maximum absolute atomic E-state index is 13.4. The Morgan fingerprint density at radius 2 is 1.70 bits per heavy atom. The number of anilines is 1. The number of methoxy groups -OCH3 is 1. The average Bonchev–Trinajstić information content (AvgIpc) is 2.46. The summed E-state index contributed by atoms with van der Waals surface area (Å²) >= 11 is 0. The van der Waals surface area contributed by atoms with E-state index in [2.05, 4.69) is 10.1 Å². The lowest BCUT2D eigenvalue weighted by Crippen LogP contribution is -2.05. The van der Waals surface area contributed by atoms with Crippen molar-refractivity contribution in [1.82, 2.24) is 0 Å². The lowest BCUT2D eigenvalue weighted by atomic mass is 10.1. The van der Waals surface area contributed by atoms with Crippen LogP contribution in [0.25, 0.3) is 0 Å². The van der Waals surface area contributed by atoms with Gasteiger partial charge < -0.3 is 10.1 Å². The number of hydrogen-bond donors (Lipinski definition) is 1. The van der Waals surface area contributed by atoms with E-state index in [-0.39, 0.29) is 12.1 Å². The van der Waals surface area contributed by atoms with Crippen molar-refractivity contribution in [2.75, 3.05) is 12.4 Å². The van der Waals surface area contributed by atoms with Gasteiger partial charge in [0.15, 0.2) is 0 Å². The monoisotopic (exact) mass is 277 g/mol. The van der Waals surface area contributed by atoms with E-state index >= 15 is 0 Å². The van der Waals surface area contributed by atoms with E-state index in [0.717, 1.165) is 0 Å². The number of halogens is 2. The summed E-state index contributed by atoms with van der Waals surface area (Å²) in [4.78, 5) is 11.3. The Bertz CT molecular complexity index is 592. The Morgan fingerprint density at radius 3 is 2.25 bits per heavy atom. The van der Waals surface area contributed by atoms with Crippen molar-refractivity contribution in [3.63, 3.8) is 0 Å². The van der Waals surface area contributed by atoms with E-state index < -0.39 is 17.6 Å². The molecule has 20 heavy (non-hydrogen) atoms. The summed E-state index contributed by atoms with van der Waals surface area (Å²) < 4.78 is 31.4. The first kappa shape index (κ1) is 14.0. The van der Waals surface area contributed by atoms with Gasteiger partial charge in [-0.1, -0.05) is 6.07 Å². The summed E-state index contributed by atoms with van der Waals surface area (Å²) in [7, 11) is 1.30. The topological polar surface area (TPSA) is 38.3 Å². The van der Waals surface area contributed by atoms with Crippen molar-refractivity contribution in [2.24, 2.45) is 0 Å². The van der Waals surface area contributed by atoms with Crippen LogP contribution in [0.5, 0.6) is 0 Å². The van der Waals surface area contributed by atoms with Crippen molar-refractivity contribution in [2.45, 2.75) is 6.54 Å². The third kappa shape index (κ3) is 3.12. The molecule has 104 valence electrons. The van der Waals surface area contributed by atoms with Crippen LogP contribution in [0.1, 0.15) is 15.9 Å². The molecule has 2 aromatic carbocycles. The van der Waals surface area contributed by atoms with E-state index in [1.54, 1.807) is 24.3 Å². The fourth-order valence-electron chi connectivity index (χ4n) is 1.73. The predicted octanol–water partition coefficient (Wildman–Crippen LogP) is 3.36. The molecular formula is C15H13F2NO2. The van der Waals surface area contributed by atoms with Gasteiger partial charge in [-0.2, -0.15) is 0 Å². The van der Waals surface area contributed by atoms with Gasteiger partial charge in [-0.15, -0.1) is 0 Å². The molecule has 0 aliphatic carbocycles. The van der Waals surface area contributed by atoms with Gasteiger partial charge in [0.05, 0.1) is 12.7 Å². The predicted molar refractivity (Wildman–Crippen MR) is 71.5 cm³/mol. The largest absolute Gasteiger partial charge is 0.465 e. The van der Waals surface area contributed by atoms with Crippen LogP contribution in [-0.4, -0.2) is 13.1 Å². The van der Waals surface area contributed by atoms with Crippen molar-refractivity contribution < 1.29 is 18.3 Å². The zero-order valence-electron chi connectivity index (χ0n) is 10.8. The molecular weight excluding hydrogens is 264 g/mol. The normalized spacial score (nSPS) is 10.2. The van der Waals surface area contributed by atoms with Crippen molar-refractivity contribution in [3.8, 4) is 0 Å². The first-order valence-electron chi connectivity index (χ1n) is 5.97. The average molecular weight is 277 g/mol.